The number of amides is 1. The predicted molar refractivity (Wildman–Crippen MR) is 104 cm³/mol. The number of hydrogen-bond donors (Lipinski definition) is 2. The number of aromatic carboxylic acids is 1. The maximum absolute atomic E-state index is 12.6. The number of carbonyl (C=O) groups is 2. The maximum Gasteiger partial charge on any atom is 0.335 e. The van der Waals surface area contributed by atoms with Gasteiger partial charge in [0.25, 0.3) is 0 Å². The molecule has 1 saturated heterocycles. The zero-order chi connectivity index (χ0) is 19.7. The van der Waals surface area contributed by atoms with Gasteiger partial charge in [0.2, 0.25) is 5.91 Å². The van der Waals surface area contributed by atoms with E-state index in [1.165, 1.54) is 0 Å². The largest absolute Gasteiger partial charge is 0.478 e. The van der Waals surface area contributed by atoms with E-state index in [1.807, 2.05) is 6.92 Å². The summed E-state index contributed by atoms with van der Waals surface area (Å²) in [6, 6.07) is 4.74. The van der Waals surface area contributed by atoms with Gasteiger partial charge in [0.05, 0.1) is 35.3 Å². The van der Waals surface area contributed by atoms with Crippen molar-refractivity contribution < 1.29 is 19.4 Å². The van der Waals surface area contributed by atoms with Crippen molar-refractivity contribution in [3.63, 3.8) is 0 Å². The van der Waals surface area contributed by atoms with Crippen LogP contribution >= 0.6 is 0 Å². The molecule has 2 N–H and O–H groups in total. The Balaban J connectivity index is 1.65. The van der Waals surface area contributed by atoms with Crippen molar-refractivity contribution in [3.05, 3.63) is 29.6 Å². The van der Waals surface area contributed by atoms with Gasteiger partial charge in [-0.05, 0) is 50.8 Å². The number of carboxylic acids is 1. The van der Waals surface area contributed by atoms with Gasteiger partial charge in [-0.15, -0.1) is 0 Å². The minimum atomic E-state index is -0.972. The summed E-state index contributed by atoms with van der Waals surface area (Å²) in [7, 11) is 0. The van der Waals surface area contributed by atoms with Crippen LogP contribution in [-0.2, 0) is 16.1 Å². The van der Waals surface area contributed by atoms with Crippen molar-refractivity contribution in [1.82, 2.24) is 14.9 Å². The lowest BCUT2D eigenvalue weighted by Gasteiger charge is -2.20. The zero-order valence-corrected chi connectivity index (χ0v) is 16.2. The van der Waals surface area contributed by atoms with E-state index in [1.54, 1.807) is 18.2 Å². The first-order valence-corrected chi connectivity index (χ1v) is 10.2. The van der Waals surface area contributed by atoms with Crippen LogP contribution in [0.4, 0.5) is 0 Å². The van der Waals surface area contributed by atoms with Gasteiger partial charge in [0.1, 0.15) is 5.82 Å². The van der Waals surface area contributed by atoms with Gasteiger partial charge in [-0.2, -0.15) is 0 Å². The molecule has 1 aliphatic heterocycles. The molecule has 7 heteroatoms. The van der Waals surface area contributed by atoms with Gasteiger partial charge in [0, 0.05) is 12.5 Å². The number of fused-ring (bicyclic) bond motifs is 1. The molecule has 0 spiro atoms. The average molecular weight is 385 g/mol. The molecule has 1 aromatic heterocycles. The van der Waals surface area contributed by atoms with E-state index in [0.717, 1.165) is 56.5 Å². The predicted octanol–water partition coefficient (Wildman–Crippen LogP) is 3.28. The summed E-state index contributed by atoms with van der Waals surface area (Å²) in [5, 5.41) is 12.4. The van der Waals surface area contributed by atoms with Crippen LogP contribution in [-0.4, -0.2) is 39.2 Å². The second-order valence-corrected chi connectivity index (χ2v) is 7.94. The molecule has 1 saturated carbocycles. The lowest BCUT2D eigenvalue weighted by molar-refractivity contribution is -0.125. The highest BCUT2D eigenvalue weighted by Crippen LogP contribution is 2.28. The molecule has 7 nitrogen and oxygen atoms in total. The lowest BCUT2D eigenvalue weighted by Crippen LogP contribution is -2.33. The maximum atomic E-state index is 12.6. The monoisotopic (exact) mass is 385 g/mol. The summed E-state index contributed by atoms with van der Waals surface area (Å²) >= 11 is 0. The minimum absolute atomic E-state index is 0.0898. The summed E-state index contributed by atoms with van der Waals surface area (Å²) in [6.45, 7) is 3.36. The summed E-state index contributed by atoms with van der Waals surface area (Å²) in [4.78, 5) is 28.6. The quantitative estimate of drug-likeness (QED) is 0.796. The van der Waals surface area contributed by atoms with Crippen molar-refractivity contribution in [3.8, 4) is 0 Å². The Labute approximate surface area is 164 Å². The molecule has 2 fully saturated rings. The molecule has 4 rings (SSSR count). The fraction of sp³-hybridized carbons (Fsp3) is 0.571. The van der Waals surface area contributed by atoms with E-state index in [4.69, 9.17) is 9.72 Å². The van der Waals surface area contributed by atoms with E-state index in [-0.39, 0.29) is 29.5 Å². The number of rotatable bonds is 6. The van der Waals surface area contributed by atoms with E-state index in [2.05, 4.69) is 9.88 Å². The normalized spacial score (nSPS) is 21.2. The van der Waals surface area contributed by atoms with Crippen molar-refractivity contribution in [2.45, 2.75) is 64.1 Å². The van der Waals surface area contributed by atoms with Gasteiger partial charge in [0.15, 0.2) is 0 Å². The van der Waals surface area contributed by atoms with Gasteiger partial charge < -0.3 is 19.7 Å². The van der Waals surface area contributed by atoms with E-state index in [9.17, 15) is 14.7 Å². The number of nitrogens with one attached hydrogen (secondary N) is 1. The summed E-state index contributed by atoms with van der Waals surface area (Å²) in [5.41, 5.74) is 1.72. The molecule has 1 amide bonds. The first-order chi connectivity index (χ1) is 13.5. The second-order valence-electron chi connectivity index (χ2n) is 7.94. The van der Waals surface area contributed by atoms with Crippen molar-refractivity contribution >= 4 is 22.9 Å². The Bertz CT molecular complexity index is 879. The van der Waals surface area contributed by atoms with Crippen molar-refractivity contribution in [1.29, 1.82) is 0 Å². The molecule has 2 atom stereocenters. The standard InChI is InChI=1S/C21H27N3O4/c1-13(22-20(25)14-5-2-3-6-14)19-23-17-11-15(21(26)27)8-9-18(17)24(19)12-16-7-4-10-28-16/h8-9,11,13-14,16H,2-7,10,12H2,1H3,(H,22,25)(H,26,27)/t13-,16+/m1/s1. The third-order valence-corrected chi connectivity index (χ3v) is 5.91. The van der Waals surface area contributed by atoms with Crippen molar-refractivity contribution in [2.24, 2.45) is 5.92 Å². The molecule has 0 bridgehead atoms. The average Bonchev–Trinajstić information content (AvgIpc) is 3.43. The van der Waals surface area contributed by atoms with Crippen LogP contribution in [0.15, 0.2) is 18.2 Å². The van der Waals surface area contributed by atoms with E-state index in [0.29, 0.717) is 12.1 Å². The highest BCUT2D eigenvalue weighted by atomic mass is 16.5. The van der Waals surface area contributed by atoms with Gasteiger partial charge in [-0.1, -0.05) is 12.8 Å². The van der Waals surface area contributed by atoms with Crippen LogP contribution in [0.2, 0.25) is 0 Å². The Morgan fingerprint density at radius 2 is 2.07 bits per heavy atom. The Hall–Kier alpha value is -2.41. The van der Waals surface area contributed by atoms with Crippen molar-refractivity contribution in [2.75, 3.05) is 6.61 Å². The van der Waals surface area contributed by atoms with Crippen LogP contribution in [0.25, 0.3) is 11.0 Å². The molecule has 2 aliphatic rings. The van der Waals surface area contributed by atoms with Crippen LogP contribution < -0.4 is 5.32 Å². The molecule has 1 aliphatic carbocycles. The Kier molecular flexibility index (Phi) is 5.35. The third-order valence-electron chi connectivity index (χ3n) is 5.91. The van der Waals surface area contributed by atoms with Gasteiger partial charge >= 0.3 is 5.97 Å². The number of aromatic nitrogens is 2. The molecule has 2 heterocycles. The number of imidazole rings is 1. The number of carboxylic acid groups (broad SMARTS) is 1. The van der Waals surface area contributed by atoms with Crippen LogP contribution in [0.3, 0.4) is 0 Å². The van der Waals surface area contributed by atoms with Crippen LogP contribution in [0, 0.1) is 5.92 Å². The highest BCUT2D eigenvalue weighted by Gasteiger charge is 2.27. The number of nitrogens with zero attached hydrogens (tertiary/aromatic N) is 2. The zero-order valence-electron chi connectivity index (χ0n) is 16.2. The number of hydrogen-bond acceptors (Lipinski definition) is 4. The topological polar surface area (TPSA) is 93.5 Å². The number of carbonyl (C=O) groups excluding carboxylic acids is 1. The lowest BCUT2D eigenvalue weighted by atomic mass is 10.1. The first kappa shape index (κ1) is 18.9. The molecule has 2 aromatic rings. The third kappa shape index (κ3) is 3.76. The molecule has 150 valence electrons. The van der Waals surface area contributed by atoms with Gasteiger partial charge in [-0.3, -0.25) is 4.79 Å². The Morgan fingerprint density at radius 1 is 1.29 bits per heavy atom. The smallest absolute Gasteiger partial charge is 0.335 e. The summed E-state index contributed by atoms with van der Waals surface area (Å²) in [6.07, 6.45) is 6.29. The fourth-order valence-corrected chi connectivity index (χ4v) is 4.38. The van der Waals surface area contributed by atoms with E-state index < -0.39 is 5.97 Å². The fourth-order valence-electron chi connectivity index (χ4n) is 4.38. The number of ether oxygens (including phenoxy) is 1. The molecular formula is C21H27N3O4. The minimum Gasteiger partial charge on any atom is -0.478 e. The SMILES string of the molecule is C[C@@H](NC(=O)C1CCCC1)c1nc2cc(C(=O)O)ccc2n1C[C@@H]1CCCO1. The highest BCUT2D eigenvalue weighted by molar-refractivity contribution is 5.92. The molecule has 0 radical (unpaired) electrons. The second kappa shape index (κ2) is 7.91. The Morgan fingerprint density at radius 3 is 2.75 bits per heavy atom. The van der Waals surface area contributed by atoms with Gasteiger partial charge in [-0.25, -0.2) is 9.78 Å². The first-order valence-electron chi connectivity index (χ1n) is 10.2. The molecule has 28 heavy (non-hydrogen) atoms. The summed E-state index contributed by atoms with van der Waals surface area (Å²) in [5.74, 6) is -0.0388. The molecule has 0 unspecified atom stereocenters. The summed E-state index contributed by atoms with van der Waals surface area (Å²) < 4.78 is 7.88. The molecular weight excluding hydrogens is 358 g/mol. The van der Waals surface area contributed by atoms with E-state index >= 15 is 0 Å². The number of benzene rings is 1. The van der Waals surface area contributed by atoms with Crippen LogP contribution in [0.1, 0.15) is 67.7 Å². The molecule has 1 aromatic carbocycles. The van der Waals surface area contributed by atoms with Crippen LogP contribution in [0.5, 0.6) is 0 Å².